The molecule has 0 saturated carbocycles. The van der Waals surface area contributed by atoms with Crippen LogP contribution in [0.3, 0.4) is 0 Å². The van der Waals surface area contributed by atoms with Crippen LogP contribution in [0.4, 0.5) is 5.82 Å². The Morgan fingerprint density at radius 3 is 2.70 bits per heavy atom. The molecule has 1 aromatic rings. The molecule has 0 spiro atoms. The van der Waals surface area contributed by atoms with E-state index in [1.807, 2.05) is 6.92 Å². The number of hydrogen-bond acceptors (Lipinski definition) is 4. The summed E-state index contributed by atoms with van der Waals surface area (Å²) in [6, 6.07) is 1.79. The molecule has 2 N–H and O–H groups in total. The SMILES string of the molecule is CC(N)=NC(=Nc1ccnc(C)n1)C1CCN(C)CC1. The number of piperidine rings is 1. The number of aromatic nitrogens is 2. The third-order valence-corrected chi connectivity index (χ3v) is 3.37. The lowest BCUT2D eigenvalue weighted by molar-refractivity contribution is 0.251. The Labute approximate surface area is 119 Å². The van der Waals surface area contributed by atoms with Gasteiger partial charge in [0, 0.05) is 18.2 Å². The second-order valence-electron chi connectivity index (χ2n) is 5.26. The topological polar surface area (TPSA) is 79.8 Å². The zero-order chi connectivity index (χ0) is 14.5. The Morgan fingerprint density at radius 1 is 1.40 bits per heavy atom. The van der Waals surface area contributed by atoms with E-state index < -0.39 is 0 Å². The van der Waals surface area contributed by atoms with Gasteiger partial charge in [0.25, 0.3) is 0 Å². The van der Waals surface area contributed by atoms with Crippen molar-refractivity contribution in [2.24, 2.45) is 21.6 Å². The monoisotopic (exact) mass is 274 g/mol. The van der Waals surface area contributed by atoms with E-state index in [9.17, 15) is 0 Å². The van der Waals surface area contributed by atoms with Crippen LogP contribution in [0.25, 0.3) is 0 Å². The quantitative estimate of drug-likeness (QED) is 0.655. The molecule has 2 heterocycles. The van der Waals surface area contributed by atoms with Gasteiger partial charge in [0.2, 0.25) is 0 Å². The number of aryl methyl sites for hydroxylation is 1. The summed E-state index contributed by atoms with van der Waals surface area (Å²) in [5.74, 6) is 3.03. The van der Waals surface area contributed by atoms with E-state index in [4.69, 9.17) is 5.73 Å². The predicted octanol–water partition coefficient (Wildman–Crippen LogP) is 1.53. The van der Waals surface area contributed by atoms with Gasteiger partial charge < -0.3 is 10.6 Å². The van der Waals surface area contributed by atoms with E-state index in [1.165, 1.54) is 0 Å². The van der Waals surface area contributed by atoms with E-state index in [2.05, 4.69) is 31.9 Å². The molecule has 2 rings (SSSR count). The first-order chi connectivity index (χ1) is 9.54. The molecule has 0 aromatic carbocycles. The average molecular weight is 274 g/mol. The molecule has 1 saturated heterocycles. The first-order valence-electron chi connectivity index (χ1n) is 6.92. The van der Waals surface area contributed by atoms with Gasteiger partial charge in [0.15, 0.2) is 5.82 Å². The van der Waals surface area contributed by atoms with Gasteiger partial charge in [-0.25, -0.2) is 20.0 Å². The van der Waals surface area contributed by atoms with Gasteiger partial charge in [-0.3, -0.25) is 0 Å². The summed E-state index contributed by atoms with van der Waals surface area (Å²) in [5.41, 5.74) is 5.74. The fraction of sp³-hybridized carbons (Fsp3) is 0.571. The highest BCUT2D eigenvalue weighted by Crippen LogP contribution is 2.21. The summed E-state index contributed by atoms with van der Waals surface area (Å²) >= 11 is 0. The molecule has 6 heteroatoms. The molecule has 1 aliphatic heterocycles. The standard InChI is InChI=1S/C14H22N6/c1-10(15)17-14(12-5-8-20(3)9-6-12)19-13-4-7-16-11(2)18-13/h4,7,12H,5-6,8-9H2,1-3H3,(H2,15,16,17,18,19). The Kier molecular flexibility index (Phi) is 4.79. The van der Waals surface area contributed by atoms with Crippen molar-refractivity contribution in [1.29, 1.82) is 0 Å². The van der Waals surface area contributed by atoms with Crippen molar-refractivity contribution < 1.29 is 0 Å². The van der Waals surface area contributed by atoms with Crippen LogP contribution in [0.5, 0.6) is 0 Å². The van der Waals surface area contributed by atoms with Crippen molar-refractivity contribution in [3.8, 4) is 0 Å². The third-order valence-electron chi connectivity index (χ3n) is 3.37. The van der Waals surface area contributed by atoms with Gasteiger partial charge in [-0.2, -0.15) is 0 Å². The lowest BCUT2D eigenvalue weighted by Crippen LogP contribution is -2.33. The van der Waals surface area contributed by atoms with Gasteiger partial charge in [-0.15, -0.1) is 0 Å². The zero-order valence-electron chi connectivity index (χ0n) is 12.4. The van der Waals surface area contributed by atoms with Gasteiger partial charge in [0.05, 0.1) is 5.84 Å². The molecule has 20 heavy (non-hydrogen) atoms. The van der Waals surface area contributed by atoms with Crippen LogP contribution in [-0.4, -0.2) is 46.7 Å². The van der Waals surface area contributed by atoms with Gasteiger partial charge >= 0.3 is 0 Å². The molecule has 0 unspecified atom stereocenters. The van der Waals surface area contributed by atoms with Crippen LogP contribution < -0.4 is 5.73 Å². The Morgan fingerprint density at radius 2 is 2.10 bits per heavy atom. The van der Waals surface area contributed by atoms with Crippen LogP contribution in [0.15, 0.2) is 22.2 Å². The van der Waals surface area contributed by atoms with Crippen LogP contribution >= 0.6 is 0 Å². The maximum atomic E-state index is 5.74. The Bertz CT molecular complexity index is 510. The van der Waals surface area contributed by atoms with Crippen molar-refractivity contribution in [3.63, 3.8) is 0 Å². The van der Waals surface area contributed by atoms with Crippen molar-refractivity contribution >= 4 is 17.5 Å². The molecule has 0 aliphatic carbocycles. The van der Waals surface area contributed by atoms with Gasteiger partial charge in [-0.1, -0.05) is 0 Å². The molecule has 108 valence electrons. The highest BCUT2D eigenvalue weighted by atomic mass is 15.1. The summed E-state index contributed by atoms with van der Waals surface area (Å²) in [6.45, 7) is 5.76. The second kappa shape index (κ2) is 6.56. The lowest BCUT2D eigenvalue weighted by atomic mass is 9.96. The minimum absolute atomic E-state index is 0.347. The number of aliphatic imine (C=N–C) groups is 2. The highest BCUT2D eigenvalue weighted by molar-refractivity contribution is 5.97. The second-order valence-corrected chi connectivity index (χ2v) is 5.26. The molecular weight excluding hydrogens is 252 g/mol. The highest BCUT2D eigenvalue weighted by Gasteiger charge is 2.21. The fourth-order valence-electron chi connectivity index (χ4n) is 2.28. The van der Waals surface area contributed by atoms with E-state index in [0.717, 1.165) is 31.8 Å². The minimum atomic E-state index is 0.347. The first-order valence-corrected chi connectivity index (χ1v) is 6.92. The number of amidine groups is 2. The van der Waals surface area contributed by atoms with E-state index in [1.54, 1.807) is 19.2 Å². The van der Waals surface area contributed by atoms with E-state index in [0.29, 0.717) is 23.4 Å². The lowest BCUT2D eigenvalue weighted by Gasteiger charge is -2.28. The first kappa shape index (κ1) is 14.6. The largest absolute Gasteiger partial charge is 0.387 e. The Balaban J connectivity index is 2.25. The van der Waals surface area contributed by atoms with Crippen LogP contribution in [0.2, 0.25) is 0 Å². The van der Waals surface area contributed by atoms with E-state index in [-0.39, 0.29) is 0 Å². The molecule has 6 nitrogen and oxygen atoms in total. The van der Waals surface area contributed by atoms with Gasteiger partial charge in [0.1, 0.15) is 11.7 Å². The van der Waals surface area contributed by atoms with Crippen molar-refractivity contribution in [2.45, 2.75) is 26.7 Å². The number of likely N-dealkylation sites (tertiary alicyclic amines) is 1. The maximum absolute atomic E-state index is 5.74. The number of nitrogens with two attached hydrogens (primary N) is 1. The molecule has 0 atom stereocenters. The van der Waals surface area contributed by atoms with Crippen LogP contribution in [0, 0.1) is 12.8 Å². The molecule has 0 radical (unpaired) electrons. The van der Waals surface area contributed by atoms with Crippen molar-refractivity contribution in [3.05, 3.63) is 18.1 Å². The predicted molar refractivity (Wildman–Crippen MR) is 81.4 cm³/mol. The molecule has 1 aliphatic rings. The number of nitrogens with zero attached hydrogens (tertiary/aromatic N) is 5. The van der Waals surface area contributed by atoms with E-state index >= 15 is 0 Å². The third kappa shape index (κ3) is 4.09. The summed E-state index contributed by atoms with van der Waals surface area (Å²) in [5, 5.41) is 0. The number of rotatable bonds is 2. The summed E-state index contributed by atoms with van der Waals surface area (Å²) in [4.78, 5) is 19.7. The fourth-order valence-corrected chi connectivity index (χ4v) is 2.28. The maximum Gasteiger partial charge on any atom is 0.157 e. The Hall–Kier alpha value is -1.82. The normalized spacial score (nSPS) is 19.4. The van der Waals surface area contributed by atoms with Gasteiger partial charge in [-0.05, 0) is 46.8 Å². The van der Waals surface area contributed by atoms with Crippen molar-refractivity contribution in [2.75, 3.05) is 20.1 Å². The average Bonchev–Trinajstić information content (AvgIpc) is 2.38. The van der Waals surface area contributed by atoms with Crippen LogP contribution in [0.1, 0.15) is 25.6 Å². The summed E-state index contributed by atoms with van der Waals surface area (Å²) < 4.78 is 0. The molecular formula is C14H22N6. The van der Waals surface area contributed by atoms with Crippen molar-refractivity contribution in [1.82, 2.24) is 14.9 Å². The van der Waals surface area contributed by atoms with Crippen LogP contribution in [-0.2, 0) is 0 Å². The smallest absolute Gasteiger partial charge is 0.157 e. The number of hydrogen-bond donors (Lipinski definition) is 1. The minimum Gasteiger partial charge on any atom is -0.387 e. The molecule has 1 fully saturated rings. The molecule has 0 bridgehead atoms. The molecule has 0 amide bonds. The summed E-state index contributed by atoms with van der Waals surface area (Å²) in [6.07, 6.45) is 3.82. The molecule has 1 aromatic heterocycles. The summed E-state index contributed by atoms with van der Waals surface area (Å²) in [7, 11) is 2.14. The zero-order valence-corrected chi connectivity index (χ0v) is 12.4.